The van der Waals surface area contributed by atoms with Gasteiger partial charge in [-0.1, -0.05) is 20.8 Å². The molecule has 0 aliphatic rings. The lowest BCUT2D eigenvalue weighted by atomic mass is 9.86. The molecule has 0 aromatic rings. The van der Waals surface area contributed by atoms with E-state index >= 15 is 0 Å². The van der Waals surface area contributed by atoms with E-state index in [-0.39, 0.29) is 23.4 Å². The van der Waals surface area contributed by atoms with E-state index in [0.717, 1.165) is 0 Å². The van der Waals surface area contributed by atoms with E-state index in [4.69, 9.17) is 0 Å². The van der Waals surface area contributed by atoms with Crippen molar-refractivity contribution in [3.63, 3.8) is 0 Å². The third-order valence-corrected chi connectivity index (χ3v) is 4.82. The number of amides is 1. The van der Waals surface area contributed by atoms with E-state index in [1.165, 1.54) is 0 Å². The fourth-order valence-corrected chi connectivity index (χ4v) is 3.16. The van der Waals surface area contributed by atoms with E-state index in [1.807, 2.05) is 74.1 Å². The second-order valence-corrected chi connectivity index (χ2v) is 10.2. The van der Waals surface area contributed by atoms with Gasteiger partial charge in [0.1, 0.15) is 6.04 Å². The van der Waals surface area contributed by atoms with E-state index < -0.39 is 21.8 Å². The van der Waals surface area contributed by atoms with Crippen molar-refractivity contribution in [1.29, 1.82) is 0 Å². The average molecular weight is 319 g/mol. The summed E-state index contributed by atoms with van der Waals surface area (Å²) in [6.45, 7) is 19.8. The van der Waals surface area contributed by atoms with Crippen molar-refractivity contribution in [2.24, 2.45) is 5.41 Å². The highest BCUT2D eigenvalue weighted by molar-refractivity contribution is 7.84. The summed E-state index contributed by atoms with van der Waals surface area (Å²) in [6.07, 6.45) is 0. The number of carbonyl (C=O) groups excluding carboxylic acids is 1. The molecule has 0 bridgehead atoms. The van der Waals surface area contributed by atoms with Crippen LogP contribution < -0.4 is 4.72 Å². The minimum absolute atomic E-state index is 0.0186. The van der Waals surface area contributed by atoms with Gasteiger partial charge in [0, 0.05) is 12.1 Å². The van der Waals surface area contributed by atoms with Crippen LogP contribution >= 0.6 is 0 Å². The van der Waals surface area contributed by atoms with Gasteiger partial charge in [0.05, 0.1) is 15.7 Å². The number of hydrogen-bond donors (Lipinski definition) is 1. The summed E-state index contributed by atoms with van der Waals surface area (Å²) in [5, 5.41) is 0. The van der Waals surface area contributed by atoms with Gasteiger partial charge < -0.3 is 4.90 Å². The Morgan fingerprint density at radius 3 is 1.57 bits per heavy atom. The number of nitrogens with one attached hydrogen (secondary N) is 1. The average Bonchev–Trinajstić information content (AvgIpc) is 2.20. The Morgan fingerprint density at radius 1 is 0.952 bits per heavy atom. The van der Waals surface area contributed by atoms with Crippen LogP contribution in [0.4, 0.5) is 0 Å². The molecular weight excluding hydrogens is 284 g/mol. The minimum atomic E-state index is -1.27. The summed E-state index contributed by atoms with van der Waals surface area (Å²) in [5.74, 6) is 0.0186. The maximum Gasteiger partial charge on any atom is 0.241 e. The van der Waals surface area contributed by atoms with Gasteiger partial charge in [0.2, 0.25) is 5.91 Å². The smallest absolute Gasteiger partial charge is 0.241 e. The molecule has 0 aromatic carbocycles. The molecule has 0 fully saturated rings. The molecule has 21 heavy (non-hydrogen) atoms. The summed E-state index contributed by atoms with van der Waals surface area (Å²) in [6, 6.07) is -0.234. The van der Waals surface area contributed by atoms with Gasteiger partial charge in [0.25, 0.3) is 0 Å². The fraction of sp³-hybridized carbons (Fsp3) is 0.938. The van der Waals surface area contributed by atoms with E-state index in [9.17, 15) is 9.00 Å². The standard InChI is InChI=1S/C16H34N2O2S/c1-11(2)18(12(3)4)14(19)13(15(5,6)7)17-21(20)16(8,9)10/h11-13,17H,1-10H3/t13-,21?/m1/s1. The van der Waals surface area contributed by atoms with Gasteiger partial charge in [-0.3, -0.25) is 4.79 Å². The molecule has 0 aromatic heterocycles. The first-order valence-corrected chi connectivity index (χ1v) is 8.84. The van der Waals surface area contributed by atoms with Crippen LogP contribution in [-0.4, -0.2) is 37.9 Å². The van der Waals surface area contributed by atoms with Crippen LogP contribution in [0.3, 0.4) is 0 Å². The van der Waals surface area contributed by atoms with Crippen molar-refractivity contribution >= 4 is 16.9 Å². The summed E-state index contributed by atoms with van der Waals surface area (Å²) < 4.78 is 15.1. The summed E-state index contributed by atoms with van der Waals surface area (Å²) >= 11 is 0. The van der Waals surface area contributed by atoms with Gasteiger partial charge in [-0.2, -0.15) is 0 Å². The molecule has 2 atom stereocenters. The second kappa shape index (κ2) is 7.23. The molecular formula is C16H34N2O2S. The van der Waals surface area contributed by atoms with E-state index in [0.29, 0.717) is 0 Å². The molecule has 1 N–H and O–H groups in total. The van der Waals surface area contributed by atoms with Crippen LogP contribution in [0.25, 0.3) is 0 Å². The number of rotatable bonds is 5. The van der Waals surface area contributed by atoms with Crippen LogP contribution in [0.1, 0.15) is 69.2 Å². The lowest BCUT2D eigenvalue weighted by molar-refractivity contribution is -0.139. The summed E-state index contributed by atoms with van der Waals surface area (Å²) in [4.78, 5) is 14.8. The topological polar surface area (TPSA) is 49.4 Å². The Bertz CT molecular complexity index is 371. The summed E-state index contributed by atoms with van der Waals surface area (Å²) in [7, 11) is -1.27. The first kappa shape index (κ1) is 20.6. The zero-order valence-electron chi connectivity index (χ0n) is 15.4. The molecule has 0 aliphatic carbocycles. The highest BCUT2D eigenvalue weighted by atomic mass is 32.2. The Morgan fingerprint density at radius 2 is 1.33 bits per heavy atom. The third-order valence-electron chi connectivity index (χ3n) is 3.26. The molecule has 4 nitrogen and oxygen atoms in total. The molecule has 0 spiro atoms. The van der Waals surface area contributed by atoms with Gasteiger partial charge >= 0.3 is 0 Å². The molecule has 126 valence electrons. The van der Waals surface area contributed by atoms with Crippen molar-refractivity contribution < 1.29 is 9.00 Å². The maximum absolute atomic E-state index is 13.0. The van der Waals surface area contributed by atoms with Gasteiger partial charge in [-0.05, 0) is 53.9 Å². The molecule has 0 saturated heterocycles. The van der Waals surface area contributed by atoms with Crippen LogP contribution in [0.5, 0.6) is 0 Å². The highest BCUT2D eigenvalue weighted by Gasteiger charge is 2.38. The van der Waals surface area contributed by atoms with Gasteiger partial charge in [-0.25, -0.2) is 8.93 Å². The number of nitrogens with zero attached hydrogens (tertiary/aromatic N) is 1. The largest absolute Gasteiger partial charge is 0.336 e. The predicted octanol–water partition coefficient (Wildman–Crippen LogP) is 3.10. The molecule has 5 heteroatoms. The quantitative estimate of drug-likeness (QED) is 0.847. The van der Waals surface area contributed by atoms with Crippen molar-refractivity contribution in [2.45, 2.75) is 92.1 Å². The number of carbonyl (C=O) groups is 1. The lowest BCUT2D eigenvalue weighted by Crippen LogP contribution is -2.58. The van der Waals surface area contributed by atoms with Crippen LogP contribution in [-0.2, 0) is 15.8 Å². The Hall–Kier alpha value is -0.420. The number of hydrogen-bond acceptors (Lipinski definition) is 2. The van der Waals surface area contributed by atoms with Crippen LogP contribution in [0.15, 0.2) is 0 Å². The lowest BCUT2D eigenvalue weighted by Gasteiger charge is -2.39. The molecule has 0 aliphatic heterocycles. The SMILES string of the molecule is CC(C)N(C(=O)[C@@H](NS(=O)C(C)(C)C)C(C)(C)C)C(C)C. The molecule has 1 amide bonds. The van der Waals surface area contributed by atoms with Gasteiger partial charge in [0.15, 0.2) is 0 Å². The Kier molecular flexibility index (Phi) is 7.08. The maximum atomic E-state index is 13.0. The summed E-state index contributed by atoms with van der Waals surface area (Å²) in [5.41, 5.74) is -0.306. The van der Waals surface area contributed by atoms with Crippen LogP contribution in [0, 0.1) is 5.41 Å². The Balaban J connectivity index is 5.45. The monoisotopic (exact) mass is 318 g/mol. The highest BCUT2D eigenvalue weighted by Crippen LogP contribution is 2.25. The van der Waals surface area contributed by atoms with Crippen molar-refractivity contribution in [2.75, 3.05) is 0 Å². The molecule has 1 unspecified atom stereocenters. The molecule has 0 saturated carbocycles. The first-order chi connectivity index (χ1) is 9.19. The van der Waals surface area contributed by atoms with Gasteiger partial charge in [-0.15, -0.1) is 0 Å². The second-order valence-electron chi connectivity index (χ2n) is 8.23. The van der Waals surface area contributed by atoms with Crippen molar-refractivity contribution in [1.82, 2.24) is 9.62 Å². The zero-order valence-corrected chi connectivity index (χ0v) is 16.2. The molecule has 0 radical (unpaired) electrons. The first-order valence-electron chi connectivity index (χ1n) is 7.69. The zero-order chi connectivity index (χ0) is 17.2. The molecule has 0 rings (SSSR count). The van der Waals surface area contributed by atoms with Crippen molar-refractivity contribution in [3.8, 4) is 0 Å². The van der Waals surface area contributed by atoms with Crippen LogP contribution in [0.2, 0.25) is 0 Å². The van der Waals surface area contributed by atoms with E-state index in [2.05, 4.69) is 4.72 Å². The fourth-order valence-electron chi connectivity index (χ4n) is 2.14. The predicted molar refractivity (Wildman–Crippen MR) is 91.4 cm³/mol. The minimum Gasteiger partial charge on any atom is -0.336 e. The normalized spacial score (nSPS) is 16.2. The van der Waals surface area contributed by atoms with E-state index in [1.54, 1.807) is 0 Å². The molecule has 0 heterocycles. The third kappa shape index (κ3) is 6.07. The Labute approximate surface area is 133 Å². The van der Waals surface area contributed by atoms with Crippen molar-refractivity contribution in [3.05, 3.63) is 0 Å².